The molecule has 1 aromatic heterocycles. The fraction of sp³-hybridized carbons (Fsp3) is 0.476. The molecule has 2 saturated heterocycles. The number of hydrogen-bond donors (Lipinski definition) is 0. The van der Waals surface area contributed by atoms with E-state index in [4.69, 9.17) is 14.2 Å². The number of amides is 1. The molecule has 2 aromatic rings. The van der Waals surface area contributed by atoms with Crippen LogP contribution in [0.4, 0.5) is 0 Å². The Morgan fingerprint density at radius 3 is 2.33 bits per heavy atom. The Morgan fingerprint density at radius 2 is 1.74 bits per heavy atom. The number of hydrogen-bond acceptors (Lipinski definition) is 4. The van der Waals surface area contributed by atoms with Crippen molar-refractivity contribution in [2.45, 2.75) is 31.1 Å². The van der Waals surface area contributed by atoms with Gasteiger partial charge < -0.3 is 23.7 Å². The van der Waals surface area contributed by atoms with Crippen LogP contribution in [0.3, 0.4) is 0 Å². The zero-order valence-electron chi connectivity index (χ0n) is 15.7. The average molecular weight is 370 g/mol. The molecule has 0 aliphatic carbocycles. The third-order valence-corrected chi connectivity index (χ3v) is 5.55. The summed E-state index contributed by atoms with van der Waals surface area (Å²) in [5.74, 6) is 0.527. The fourth-order valence-electron chi connectivity index (χ4n) is 3.95. The van der Waals surface area contributed by atoms with Crippen LogP contribution >= 0.6 is 0 Å². The van der Waals surface area contributed by atoms with E-state index in [1.54, 1.807) is 7.11 Å². The maximum Gasteiger partial charge on any atom is 0.225 e. The summed E-state index contributed by atoms with van der Waals surface area (Å²) in [5, 5.41) is 0. The van der Waals surface area contributed by atoms with Crippen molar-refractivity contribution >= 4 is 5.91 Å². The van der Waals surface area contributed by atoms with Crippen molar-refractivity contribution in [3.05, 3.63) is 54.4 Å². The molecule has 6 nitrogen and oxygen atoms in total. The lowest BCUT2D eigenvalue weighted by molar-refractivity contribution is -0.187. The summed E-state index contributed by atoms with van der Waals surface area (Å²) >= 11 is 0. The van der Waals surface area contributed by atoms with E-state index in [1.165, 1.54) is 0 Å². The van der Waals surface area contributed by atoms with Gasteiger partial charge in [0.05, 0.1) is 32.8 Å². The molecule has 3 heterocycles. The number of aromatic nitrogens is 1. The molecule has 2 fully saturated rings. The Morgan fingerprint density at radius 1 is 1.11 bits per heavy atom. The van der Waals surface area contributed by atoms with Crippen LogP contribution in [0.5, 0.6) is 5.75 Å². The molecule has 4 rings (SSSR count). The minimum atomic E-state index is -0.452. The lowest BCUT2D eigenvalue weighted by atomic mass is 10.00. The summed E-state index contributed by atoms with van der Waals surface area (Å²) in [4.78, 5) is 15.0. The summed E-state index contributed by atoms with van der Waals surface area (Å²) in [6.45, 7) is 2.67. The number of rotatable bonds is 5. The molecule has 0 radical (unpaired) electrons. The van der Waals surface area contributed by atoms with Gasteiger partial charge in [-0.25, -0.2) is 0 Å². The van der Waals surface area contributed by atoms with Crippen molar-refractivity contribution < 1.29 is 19.0 Å². The van der Waals surface area contributed by atoms with Gasteiger partial charge in [-0.3, -0.25) is 4.79 Å². The third kappa shape index (κ3) is 3.87. The van der Waals surface area contributed by atoms with Gasteiger partial charge in [-0.15, -0.1) is 0 Å². The molecule has 0 unspecified atom stereocenters. The smallest absolute Gasteiger partial charge is 0.225 e. The van der Waals surface area contributed by atoms with Crippen LogP contribution in [0.2, 0.25) is 0 Å². The Hall–Kier alpha value is -2.31. The van der Waals surface area contributed by atoms with Crippen molar-refractivity contribution in [2.24, 2.45) is 0 Å². The Bertz CT molecular complexity index is 741. The lowest BCUT2D eigenvalue weighted by Gasteiger charge is -2.38. The largest absolute Gasteiger partial charge is 0.497 e. The van der Waals surface area contributed by atoms with Gasteiger partial charge in [0, 0.05) is 38.3 Å². The van der Waals surface area contributed by atoms with Crippen molar-refractivity contribution in [3.63, 3.8) is 0 Å². The van der Waals surface area contributed by atoms with Crippen LogP contribution in [-0.2, 0) is 14.3 Å². The molecule has 1 amide bonds. The van der Waals surface area contributed by atoms with Crippen molar-refractivity contribution in [2.75, 3.05) is 33.4 Å². The van der Waals surface area contributed by atoms with Gasteiger partial charge in [-0.05, 0) is 29.8 Å². The highest BCUT2D eigenvalue weighted by molar-refractivity contribution is 5.77. The molecule has 144 valence electrons. The van der Waals surface area contributed by atoms with Gasteiger partial charge in [-0.2, -0.15) is 0 Å². The summed E-state index contributed by atoms with van der Waals surface area (Å²) in [7, 11) is 1.66. The van der Waals surface area contributed by atoms with Gasteiger partial charge in [0.2, 0.25) is 5.91 Å². The predicted molar refractivity (Wildman–Crippen MR) is 101 cm³/mol. The number of nitrogens with zero attached hydrogens (tertiary/aromatic N) is 2. The number of benzene rings is 1. The van der Waals surface area contributed by atoms with E-state index in [0.717, 1.165) is 24.2 Å². The molecule has 1 aromatic carbocycles. The van der Waals surface area contributed by atoms with E-state index in [0.29, 0.717) is 32.7 Å². The Kier molecular flexibility index (Phi) is 5.18. The first-order valence-corrected chi connectivity index (χ1v) is 9.51. The van der Waals surface area contributed by atoms with Crippen LogP contribution in [0, 0.1) is 0 Å². The normalized spacial score (nSPS) is 20.0. The second-order valence-electron chi connectivity index (χ2n) is 7.11. The number of carbonyl (C=O) groups excluding carboxylic acids is 1. The maximum absolute atomic E-state index is 13.0. The standard InChI is InChI=1S/C21H26N2O4/c1-25-18-6-4-17(5-7-18)19(22-10-2-3-11-22)16-20(24)23-12-8-21(9-13-23)26-14-15-27-21/h2-7,10-11,19H,8-9,12-16H2,1H3/t19-/m0/s1. The van der Waals surface area contributed by atoms with Crippen LogP contribution in [-0.4, -0.2) is 54.6 Å². The van der Waals surface area contributed by atoms with E-state index >= 15 is 0 Å². The quantitative estimate of drug-likeness (QED) is 0.812. The topological polar surface area (TPSA) is 52.9 Å². The van der Waals surface area contributed by atoms with Crippen LogP contribution in [0.15, 0.2) is 48.8 Å². The van der Waals surface area contributed by atoms with Crippen molar-refractivity contribution in [1.29, 1.82) is 0 Å². The van der Waals surface area contributed by atoms with Crippen molar-refractivity contribution in [3.8, 4) is 5.75 Å². The molecular weight excluding hydrogens is 344 g/mol. The Balaban J connectivity index is 1.46. The molecule has 6 heteroatoms. The molecule has 27 heavy (non-hydrogen) atoms. The zero-order chi connectivity index (χ0) is 18.7. The molecule has 1 spiro atoms. The summed E-state index contributed by atoms with van der Waals surface area (Å²) in [6, 6.07) is 11.9. The third-order valence-electron chi connectivity index (χ3n) is 5.55. The average Bonchev–Trinajstić information content (AvgIpc) is 3.39. The van der Waals surface area contributed by atoms with Gasteiger partial charge in [0.15, 0.2) is 5.79 Å². The van der Waals surface area contributed by atoms with E-state index in [-0.39, 0.29) is 11.9 Å². The van der Waals surface area contributed by atoms with Crippen molar-refractivity contribution in [1.82, 2.24) is 9.47 Å². The minimum absolute atomic E-state index is 0.0340. The number of piperidine rings is 1. The monoisotopic (exact) mass is 370 g/mol. The van der Waals surface area contributed by atoms with Crippen LogP contribution < -0.4 is 4.74 Å². The van der Waals surface area contributed by atoms with E-state index in [1.807, 2.05) is 53.7 Å². The van der Waals surface area contributed by atoms with E-state index in [2.05, 4.69) is 4.57 Å². The predicted octanol–water partition coefficient (Wildman–Crippen LogP) is 2.84. The molecule has 0 saturated carbocycles. The maximum atomic E-state index is 13.0. The van der Waals surface area contributed by atoms with Gasteiger partial charge in [-0.1, -0.05) is 12.1 Å². The highest BCUT2D eigenvalue weighted by Gasteiger charge is 2.40. The SMILES string of the molecule is COc1ccc([C@H](CC(=O)N2CCC3(CC2)OCCO3)n2cccc2)cc1. The summed E-state index contributed by atoms with van der Waals surface area (Å²) < 4.78 is 18.9. The van der Waals surface area contributed by atoms with Crippen LogP contribution in [0.25, 0.3) is 0 Å². The second-order valence-corrected chi connectivity index (χ2v) is 7.11. The number of ether oxygens (including phenoxy) is 3. The van der Waals surface area contributed by atoms with E-state index in [9.17, 15) is 4.79 Å². The summed E-state index contributed by atoms with van der Waals surface area (Å²) in [6.07, 6.45) is 5.93. The first-order valence-electron chi connectivity index (χ1n) is 9.51. The van der Waals surface area contributed by atoms with Gasteiger partial charge in [0.1, 0.15) is 5.75 Å². The first kappa shape index (κ1) is 18.1. The molecule has 2 aliphatic heterocycles. The number of methoxy groups -OCH3 is 1. The second kappa shape index (κ2) is 7.74. The zero-order valence-corrected chi connectivity index (χ0v) is 15.7. The minimum Gasteiger partial charge on any atom is -0.497 e. The molecule has 0 N–H and O–H groups in total. The number of likely N-dealkylation sites (tertiary alicyclic amines) is 1. The summed E-state index contributed by atoms with van der Waals surface area (Å²) in [5.41, 5.74) is 1.09. The Labute approximate surface area is 159 Å². The highest BCUT2D eigenvalue weighted by Crippen LogP contribution is 2.32. The molecule has 0 bridgehead atoms. The molecule has 2 aliphatic rings. The fourth-order valence-corrected chi connectivity index (χ4v) is 3.95. The van der Waals surface area contributed by atoms with Gasteiger partial charge >= 0.3 is 0 Å². The first-order chi connectivity index (χ1) is 13.2. The molecule has 1 atom stereocenters. The van der Waals surface area contributed by atoms with Gasteiger partial charge in [0.25, 0.3) is 0 Å². The lowest BCUT2D eigenvalue weighted by Crippen LogP contribution is -2.47. The number of carbonyl (C=O) groups is 1. The highest BCUT2D eigenvalue weighted by atomic mass is 16.7. The van der Waals surface area contributed by atoms with Crippen LogP contribution in [0.1, 0.15) is 30.9 Å². The van der Waals surface area contributed by atoms with E-state index < -0.39 is 5.79 Å². The molecular formula is C21H26N2O4.